The summed E-state index contributed by atoms with van der Waals surface area (Å²) in [6, 6.07) is 0. The molecule has 1 rings (SSSR count). The lowest BCUT2D eigenvalue weighted by Crippen LogP contribution is -2.37. The van der Waals surface area contributed by atoms with Crippen molar-refractivity contribution >= 4 is 0 Å². The molecule has 1 N–H and O–H groups in total. The van der Waals surface area contributed by atoms with Crippen LogP contribution in [0.2, 0.25) is 0 Å². The van der Waals surface area contributed by atoms with Gasteiger partial charge in [-0.3, -0.25) is 0 Å². The monoisotopic (exact) mass is 172 g/mol. The van der Waals surface area contributed by atoms with Crippen LogP contribution in [-0.2, 0) is 9.47 Å². The first-order valence-electron chi connectivity index (χ1n) is 4.09. The Morgan fingerprint density at radius 3 is 2.58 bits per heavy atom. The van der Waals surface area contributed by atoms with Crippen LogP contribution in [-0.4, -0.2) is 29.7 Å². The predicted octanol–water partition coefficient (Wildman–Crippen LogP) is 1.08. The number of aliphatic hydroxyl groups is 1. The van der Waals surface area contributed by atoms with Gasteiger partial charge in [-0.25, -0.2) is 0 Å². The van der Waals surface area contributed by atoms with Gasteiger partial charge in [-0.05, 0) is 20.3 Å². The van der Waals surface area contributed by atoms with Gasteiger partial charge >= 0.3 is 0 Å². The third-order valence-corrected chi connectivity index (χ3v) is 1.95. The van der Waals surface area contributed by atoms with E-state index in [9.17, 15) is 0 Å². The Morgan fingerprint density at radius 1 is 1.58 bits per heavy atom. The molecule has 1 aliphatic heterocycles. The van der Waals surface area contributed by atoms with Gasteiger partial charge in [0.15, 0.2) is 5.79 Å². The molecule has 0 aliphatic carbocycles. The maximum Gasteiger partial charge on any atom is 0.163 e. The van der Waals surface area contributed by atoms with Gasteiger partial charge in [0.1, 0.15) is 5.60 Å². The summed E-state index contributed by atoms with van der Waals surface area (Å²) in [6.07, 6.45) is 2.36. The van der Waals surface area contributed by atoms with Crippen LogP contribution in [0.4, 0.5) is 0 Å². The summed E-state index contributed by atoms with van der Waals surface area (Å²) >= 11 is 0. The molecule has 0 spiro atoms. The number of hydrogen-bond donors (Lipinski definition) is 1. The molecule has 1 saturated heterocycles. The molecule has 0 saturated carbocycles. The molecular weight excluding hydrogens is 156 g/mol. The van der Waals surface area contributed by atoms with Gasteiger partial charge in [0, 0.05) is 0 Å². The van der Waals surface area contributed by atoms with E-state index in [1.165, 1.54) is 0 Å². The second-order valence-electron chi connectivity index (χ2n) is 3.62. The van der Waals surface area contributed by atoms with E-state index in [4.69, 9.17) is 14.6 Å². The Hall–Kier alpha value is -0.380. The largest absolute Gasteiger partial charge is 0.393 e. The lowest BCUT2D eigenvalue weighted by atomic mass is 10.0. The molecule has 12 heavy (non-hydrogen) atoms. The van der Waals surface area contributed by atoms with Crippen molar-refractivity contribution in [1.82, 2.24) is 0 Å². The highest BCUT2D eigenvalue weighted by molar-refractivity contribution is 4.92. The van der Waals surface area contributed by atoms with E-state index in [2.05, 4.69) is 6.58 Å². The fraction of sp³-hybridized carbons (Fsp3) is 0.778. The van der Waals surface area contributed by atoms with Crippen LogP contribution < -0.4 is 0 Å². The third-order valence-electron chi connectivity index (χ3n) is 1.95. The Balaban J connectivity index is 2.65. The molecule has 0 aromatic rings. The lowest BCUT2D eigenvalue weighted by Gasteiger charge is -2.25. The second-order valence-corrected chi connectivity index (χ2v) is 3.62. The highest BCUT2D eigenvalue weighted by atomic mass is 16.8. The van der Waals surface area contributed by atoms with Crippen molar-refractivity contribution in [1.29, 1.82) is 0 Å². The summed E-state index contributed by atoms with van der Waals surface area (Å²) in [6.45, 7) is 7.71. The molecule has 3 heteroatoms. The first kappa shape index (κ1) is 9.71. The zero-order valence-corrected chi connectivity index (χ0v) is 7.67. The first-order valence-corrected chi connectivity index (χ1v) is 4.09. The van der Waals surface area contributed by atoms with E-state index < -0.39 is 11.4 Å². The smallest absolute Gasteiger partial charge is 0.163 e. The van der Waals surface area contributed by atoms with E-state index in [0.29, 0.717) is 13.0 Å². The van der Waals surface area contributed by atoms with Crippen molar-refractivity contribution in [3.8, 4) is 0 Å². The van der Waals surface area contributed by atoms with E-state index in [0.717, 1.165) is 0 Å². The minimum Gasteiger partial charge on any atom is -0.393 e. The predicted molar refractivity (Wildman–Crippen MR) is 45.7 cm³/mol. The zero-order chi connectivity index (χ0) is 9.24. The quantitative estimate of drug-likeness (QED) is 0.647. The van der Waals surface area contributed by atoms with Gasteiger partial charge < -0.3 is 14.6 Å². The Bertz CT molecular complexity index is 177. The number of ether oxygens (including phenoxy) is 2. The Morgan fingerprint density at radius 2 is 2.25 bits per heavy atom. The summed E-state index contributed by atoms with van der Waals surface area (Å²) < 4.78 is 11.0. The van der Waals surface area contributed by atoms with Gasteiger partial charge in [-0.15, -0.1) is 6.58 Å². The standard InChI is InChI=1S/C9H16O3/c1-4-5-9(6-10)7-11-8(2,3)12-9/h4,10H,1,5-7H2,2-3H3/t9-/m1/s1. The molecular formula is C9H16O3. The summed E-state index contributed by atoms with van der Waals surface area (Å²) in [5.41, 5.74) is -0.564. The van der Waals surface area contributed by atoms with Crippen LogP contribution in [0.3, 0.4) is 0 Å². The topological polar surface area (TPSA) is 38.7 Å². The van der Waals surface area contributed by atoms with E-state index in [1.807, 2.05) is 13.8 Å². The molecule has 1 heterocycles. The highest BCUT2D eigenvalue weighted by Crippen LogP contribution is 2.33. The first-order chi connectivity index (χ1) is 5.54. The van der Waals surface area contributed by atoms with Gasteiger partial charge in [0.05, 0.1) is 13.2 Å². The number of aliphatic hydroxyl groups excluding tert-OH is 1. The maximum atomic E-state index is 9.13. The average molecular weight is 172 g/mol. The Labute approximate surface area is 73.0 Å². The van der Waals surface area contributed by atoms with Crippen molar-refractivity contribution in [2.75, 3.05) is 13.2 Å². The normalized spacial score (nSPS) is 33.6. The van der Waals surface area contributed by atoms with Crippen LogP contribution in [0.1, 0.15) is 20.3 Å². The SMILES string of the molecule is C=CC[C@@]1(CO)COC(C)(C)O1. The minimum absolute atomic E-state index is 0.0253. The summed E-state index contributed by atoms with van der Waals surface area (Å²) in [4.78, 5) is 0. The highest BCUT2D eigenvalue weighted by Gasteiger charge is 2.44. The van der Waals surface area contributed by atoms with Crippen LogP contribution in [0.25, 0.3) is 0 Å². The van der Waals surface area contributed by atoms with E-state index >= 15 is 0 Å². The van der Waals surface area contributed by atoms with Crippen molar-refractivity contribution < 1.29 is 14.6 Å². The van der Waals surface area contributed by atoms with Crippen LogP contribution >= 0.6 is 0 Å². The molecule has 0 radical (unpaired) electrons. The molecule has 1 atom stereocenters. The molecule has 0 aromatic heterocycles. The molecule has 1 aliphatic rings. The summed E-state index contributed by atoms with van der Waals surface area (Å²) in [7, 11) is 0. The number of hydrogen-bond acceptors (Lipinski definition) is 3. The summed E-state index contributed by atoms with van der Waals surface area (Å²) in [5, 5.41) is 9.13. The van der Waals surface area contributed by atoms with Crippen molar-refractivity contribution in [2.45, 2.75) is 31.7 Å². The maximum absolute atomic E-state index is 9.13. The van der Waals surface area contributed by atoms with Crippen LogP contribution in [0, 0.1) is 0 Å². The fourth-order valence-corrected chi connectivity index (χ4v) is 1.39. The van der Waals surface area contributed by atoms with Crippen molar-refractivity contribution in [3.63, 3.8) is 0 Å². The molecule has 1 fully saturated rings. The van der Waals surface area contributed by atoms with Crippen molar-refractivity contribution in [2.24, 2.45) is 0 Å². The number of rotatable bonds is 3. The van der Waals surface area contributed by atoms with Gasteiger partial charge in [0.25, 0.3) is 0 Å². The third kappa shape index (κ3) is 1.86. The minimum atomic E-state index is -0.578. The van der Waals surface area contributed by atoms with Gasteiger partial charge in [0.2, 0.25) is 0 Å². The Kier molecular flexibility index (Phi) is 2.56. The molecule has 0 bridgehead atoms. The van der Waals surface area contributed by atoms with E-state index in [-0.39, 0.29) is 6.61 Å². The van der Waals surface area contributed by atoms with Crippen LogP contribution in [0.5, 0.6) is 0 Å². The fourth-order valence-electron chi connectivity index (χ4n) is 1.39. The van der Waals surface area contributed by atoms with Gasteiger partial charge in [-0.1, -0.05) is 6.08 Å². The molecule has 70 valence electrons. The molecule has 0 amide bonds. The zero-order valence-electron chi connectivity index (χ0n) is 7.67. The van der Waals surface area contributed by atoms with E-state index in [1.54, 1.807) is 6.08 Å². The average Bonchev–Trinajstić information content (AvgIpc) is 2.29. The van der Waals surface area contributed by atoms with Crippen molar-refractivity contribution in [3.05, 3.63) is 12.7 Å². The second kappa shape index (κ2) is 3.17. The molecule has 3 nitrogen and oxygen atoms in total. The lowest BCUT2D eigenvalue weighted by molar-refractivity contribution is -0.168. The van der Waals surface area contributed by atoms with Gasteiger partial charge in [-0.2, -0.15) is 0 Å². The molecule has 0 aromatic carbocycles. The summed E-state index contributed by atoms with van der Waals surface area (Å²) in [5.74, 6) is -0.578. The molecule has 0 unspecified atom stereocenters. The van der Waals surface area contributed by atoms with Crippen LogP contribution in [0.15, 0.2) is 12.7 Å².